The minimum absolute atomic E-state index is 0. The van der Waals surface area contributed by atoms with Gasteiger partial charge in [0.05, 0.1) is 6.61 Å². The lowest BCUT2D eigenvalue weighted by atomic mass is 10.1. The van der Waals surface area contributed by atoms with Crippen LogP contribution in [-0.4, -0.2) is 59.9 Å². The Hall–Kier alpha value is -1.37. The van der Waals surface area contributed by atoms with E-state index < -0.39 is 44.7 Å². The van der Waals surface area contributed by atoms with Gasteiger partial charge in [-0.05, 0) is 6.07 Å². The molecule has 22 heavy (non-hydrogen) atoms. The molecule has 0 aliphatic carbocycles. The lowest BCUT2D eigenvalue weighted by Gasteiger charge is -2.16. The summed E-state index contributed by atoms with van der Waals surface area (Å²) in [6, 6.07) is 1.29. The van der Waals surface area contributed by atoms with Gasteiger partial charge in [0, 0.05) is 6.20 Å². The average molecular weight is 341 g/mol. The summed E-state index contributed by atoms with van der Waals surface area (Å²) in [5, 5.41) is 19.6. The zero-order valence-corrected chi connectivity index (χ0v) is 11.9. The second kappa shape index (κ2) is 6.81. The van der Waals surface area contributed by atoms with Crippen molar-refractivity contribution < 1.29 is 39.3 Å². The molecule has 1 fully saturated rings. The van der Waals surface area contributed by atoms with Crippen molar-refractivity contribution in [1.82, 2.24) is 9.55 Å². The van der Waals surface area contributed by atoms with Gasteiger partial charge in [-0.3, -0.25) is 9.09 Å². The zero-order valence-electron chi connectivity index (χ0n) is 11.0. The Kier molecular flexibility index (Phi) is 5.78. The number of hydrogen-bond acceptors (Lipinski definition) is 8. The molecule has 2 heterocycles. The van der Waals surface area contributed by atoms with Gasteiger partial charge in [0.2, 0.25) is 0 Å². The van der Waals surface area contributed by atoms with Gasteiger partial charge in [0.1, 0.15) is 24.1 Å². The predicted molar refractivity (Wildman–Crippen MR) is 70.4 cm³/mol. The summed E-state index contributed by atoms with van der Waals surface area (Å²) in [5.41, 5.74) is 4.52. The van der Waals surface area contributed by atoms with Gasteiger partial charge >= 0.3 is 13.5 Å². The predicted octanol–water partition coefficient (Wildman–Crippen LogP) is -3.27. The van der Waals surface area contributed by atoms with Gasteiger partial charge in [0.15, 0.2) is 6.23 Å². The van der Waals surface area contributed by atoms with E-state index in [0.717, 1.165) is 4.57 Å². The van der Waals surface area contributed by atoms with E-state index in [2.05, 4.69) is 9.51 Å². The summed E-state index contributed by atoms with van der Waals surface area (Å²) in [6.45, 7) is -0.657. The maximum Gasteiger partial charge on any atom is 0.469 e. The third-order valence-electron chi connectivity index (χ3n) is 2.87. The van der Waals surface area contributed by atoms with E-state index in [0.29, 0.717) is 0 Å². The summed E-state index contributed by atoms with van der Waals surface area (Å²) >= 11 is 0. The Morgan fingerprint density at radius 3 is 2.59 bits per heavy atom. The van der Waals surface area contributed by atoms with Crippen molar-refractivity contribution in [3.8, 4) is 0 Å². The minimum atomic E-state index is -4.74. The van der Waals surface area contributed by atoms with E-state index in [1.54, 1.807) is 0 Å². The highest BCUT2D eigenvalue weighted by molar-refractivity contribution is 7.46. The molecule has 126 valence electrons. The van der Waals surface area contributed by atoms with Crippen molar-refractivity contribution in [2.24, 2.45) is 0 Å². The van der Waals surface area contributed by atoms with E-state index in [-0.39, 0.29) is 11.3 Å². The van der Waals surface area contributed by atoms with Crippen molar-refractivity contribution in [2.45, 2.75) is 24.5 Å². The van der Waals surface area contributed by atoms with Crippen LogP contribution < -0.4 is 11.4 Å². The van der Waals surface area contributed by atoms with Crippen LogP contribution in [0.2, 0.25) is 0 Å². The monoisotopic (exact) mass is 341 g/mol. The average Bonchev–Trinajstić information content (AvgIpc) is 2.64. The van der Waals surface area contributed by atoms with E-state index in [9.17, 15) is 19.6 Å². The Morgan fingerprint density at radius 1 is 1.41 bits per heavy atom. The number of aliphatic hydroxyl groups excluding tert-OH is 2. The Morgan fingerprint density at radius 2 is 2.05 bits per heavy atom. The zero-order chi connectivity index (χ0) is 15.8. The van der Waals surface area contributed by atoms with Gasteiger partial charge in [-0.1, -0.05) is 0 Å². The minimum Gasteiger partial charge on any atom is -0.412 e. The molecule has 0 saturated carbocycles. The van der Waals surface area contributed by atoms with Crippen LogP contribution in [0, 0.1) is 0 Å². The van der Waals surface area contributed by atoms with Gasteiger partial charge in [-0.25, -0.2) is 9.36 Å². The number of phosphoric acid groups is 1. The molecule has 0 bridgehead atoms. The molecule has 0 aromatic carbocycles. The summed E-state index contributed by atoms with van der Waals surface area (Å²) < 4.78 is 20.9. The number of hydrogen-bond donors (Lipinski definition) is 5. The van der Waals surface area contributed by atoms with Crippen LogP contribution in [-0.2, 0) is 13.8 Å². The van der Waals surface area contributed by atoms with Crippen LogP contribution in [0.15, 0.2) is 17.1 Å². The number of aromatic nitrogens is 2. The summed E-state index contributed by atoms with van der Waals surface area (Å²) in [6.07, 6.45) is -4.27. The third-order valence-corrected chi connectivity index (χ3v) is 3.36. The topological polar surface area (TPSA) is 209 Å². The third kappa shape index (κ3) is 4.09. The van der Waals surface area contributed by atoms with Crippen molar-refractivity contribution in [3.05, 3.63) is 22.7 Å². The maximum absolute atomic E-state index is 11.6. The summed E-state index contributed by atoms with van der Waals surface area (Å²) in [5.74, 6) is -0.0225. The van der Waals surface area contributed by atoms with Gasteiger partial charge in [-0.2, -0.15) is 4.98 Å². The van der Waals surface area contributed by atoms with Crippen molar-refractivity contribution in [3.63, 3.8) is 0 Å². The van der Waals surface area contributed by atoms with E-state index in [1.807, 2.05) is 0 Å². The molecule has 1 aromatic rings. The SMILES string of the molecule is Nc1ccn(C2OC(COP(=O)(O)O)C(O)C2O)c(=O)n1.O. The second-order valence-corrected chi connectivity index (χ2v) is 5.61. The van der Waals surface area contributed by atoms with Gasteiger partial charge in [0.25, 0.3) is 0 Å². The number of phosphoric ester groups is 1. The fraction of sp³-hybridized carbons (Fsp3) is 0.556. The van der Waals surface area contributed by atoms with Gasteiger partial charge < -0.3 is 35.9 Å². The molecule has 1 aliphatic rings. The molecule has 1 aromatic heterocycles. The van der Waals surface area contributed by atoms with Crippen molar-refractivity contribution >= 4 is 13.6 Å². The molecule has 0 radical (unpaired) electrons. The van der Waals surface area contributed by atoms with Crippen LogP contribution >= 0.6 is 7.82 Å². The molecule has 13 heteroatoms. The van der Waals surface area contributed by atoms with Gasteiger partial charge in [-0.15, -0.1) is 0 Å². The number of aliphatic hydroxyl groups is 2. The van der Waals surface area contributed by atoms with E-state index in [1.165, 1.54) is 12.3 Å². The maximum atomic E-state index is 11.6. The fourth-order valence-corrected chi connectivity index (χ4v) is 2.23. The van der Waals surface area contributed by atoms with Crippen molar-refractivity contribution in [1.29, 1.82) is 0 Å². The molecule has 4 atom stereocenters. The Labute approximate surface area is 123 Å². The number of nitrogen functional groups attached to an aromatic ring is 1. The highest BCUT2D eigenvalue weighted by Gasteiger charge is 2.44. The van der Waals surface area contributed by atoms with Crippen LogP contribution in [0.25, 0.3) is 0 Å². The Bertz CT molecular complexity index is 617. The molecular formula is C9H16N3O9P. The first-order chi connectivity index (χ1) is 9.69. The first kappa shape index (κ1) is 18.7. The molecule has 8 N–H and O–H groups in total. The molecule has 4 unspecified atom stereocenters. The molecule has 12 nitrogen and oxygen atoms in total. The number of nitrogens with two attached hydrogens (primary N) is 1. The quantitative estimate of drug-likeness (QED) is 0.345. The first-order valence-electron chi connectivity index (χ1n) is 5.75. The normalized spacial score (nSPS) is 28.4. The second-order valence-electron chi connectivity index (χ2n) is 4.37. The molecule has 0 spiro atoms. The highest BCUT2D eigenvalue weighted by Crippen LogP contribution is 2.38. The molecule has 2 rings (SSSR count). The van der Waals surface area contributed by atoms with Crippen LogP contribution in [0.5, 0.6) is 0 Å². The highest BCUT2D eigenvalue weighted by atomic mass is 31.2. The number of anilines is 1. The lowest BCUT2D eigenvalue weighted by Crippen LogP contribution is -2.36. The smallest absolute Gasteiger partial charge is 0.412 e. The Balaban J connectivity index is 0.00000242. The molecular weight excluding hydrogens is 325 g/mol. The lowest BCUT2D eigenvalue weighted by molar-refractivity contribution is -0.0542. The first-order valence-corrected chi connectivity index (χ1v) is 7.28. The molecule has 0 amide bonds. The number of nitrogens with zero attached hydrogens (tertiary/aromatic N) is 2. The molecule has 1 saturated heterocycles. The van der Waals surface area contributed by atoms with E-state index >= 15 is 0 Å². The summed E-state index contributed by atoms with van der Waals surface area (Å²) in [4.78, 5) is 32.3. The summed E-state index contributed by atoms with van der Waals surface area (Å²) in [7, 11) is -4.74. The van der Waals surface area contributed by atoms with Crippen LogP contribution in [0.4, 0.5) is 5.82 Å². The number of rotatable bonds is 4. The van der Waals surface area contributed by atoms with Crippen LogP contribution in [0.1, 0.15) is 6.23 Å². The molecule has 1 aliphatic heterocycles. The van der Waals surface area contributed by atoms with Crippen molar-refractivity contribution in [2.75, 3.05) is 12.3 Å². The largest absolute Gasteiger partial charge is 0.469 e. The van der Waals surface area contributed by atoms with E-state index in [4.69, 9.17) is 20.3 Å². The van der Waals surface area contributed by atoms with Crippen LogP contribution in [0.3, 0.4) is 0 Å². The standard InChI is InChI=1S/C9H14N3O8P.H2O/c10-5-1-2-12(9(15)11-5)8-7(14)6(13)4(20-8)3-19-21(16,17)18;/h1-2,4,6-8,13-14H,3H2,(H2,10,11,15)(H2,16,17,18);1H2. The fourth-order valence-electron chi connectivity index (χ4n) is 1.89. The number of ether oxygens (including phenoxy) is 1.